The summed E-state index contributed by atoms with van der Waals surface area (Å²) in [4.78, 5) is 4.98. The molecule has 1 aliphatic heterocycles. The van der Waals surface area contributed by atoms with Crippen LogP contribution in [0.5, 0.6) is 5.75 Å². The summed E-state index contributed by atoms with van der Waals surface area (Å²) in [6.07, 6.45) is 5.22. The average Bonchev–Trinajstić information content (AvgIpc) is 2.76. The van der Waals surface area contributed by atoms with Crippen molar-refractivity contribution in [2.45, 2.75) is 37.7 Å². The second-order valence-corrected chi connectivity index (χ2v) is 8.67. The molecule has 2 fully saturated rings. The summed E-state index contributed by atoms with van der Waals surface area (Å²) in [7, 11) is 1.74. The lowest BCUT2D eigenvalue weighted by Crippen LogP contribution is -2.52. The summed E-state index contributed by atoms with van der Waals surface area (Å²) in [6, 6.07) is 18.8. The van der Waals surface area contributed by atoms with E-state index in [1.807, 2.05) is 18.2 Å². The molecule has 2 aromatic rings. The molecule has 0 spiro atoms. The number of ether oxygens (including phenoxy) is 1. The van der Waals surface area contributed by atoms with Gasteiger partial charge < -0.3 is 14.7 Å². The van der Waals surface area contributed by atoms with E-state index >= 15 is 0 Å². The first-order valence-electron chi connectivity index (χ1n) is 11.0. The van der Waals surface area contributed by atoms with Gasteiger partial charge in [-0.3, -0.25) is 4.90 Å². The number of anilines is 1. The van der Waals surface area contributed by atoms with Gasteiger partial charge >= 0.3 is 0 Å². The van der Waals surface area contributed by atoms with E-state index in [2.05, 4.69) is 46.2 Å². The van der Waals surface area contributed by atoms with Crippen LogP contribution in [0.15, 0.2) is 54.6 Å². The predicted molar refractivity (Wildman–Crippen MR) is 119 cm³/mol. The van der Waals surface area contributed by atoms with Crippen molar-refractivity contribution in [1.29, 1.82) is 0 Å². The third-order valence-electron chi connectivity index (χ3n) is 6.80. The summed E-state index contributed by atoms with van der Waals surface area (Å²) in [5, 5.41) is 11.6. The zero-order chi connectivity index (χ0) is 20.1. The molecule has 2 atom stereocenters. The van der Waals surface area contributed by atoms with E-state index in [9.17, 15) is 5.11 Å². The van der Waals surface area contributed by atoms with Crippen molar-refractivity contribution in [2.75, 3.05) is 44.7 Å². The average molecular weight is 395 g/mol. The highest BCUT2D eigenvalue weighted by molar-refractivity contribution is 5.58. The van der Waals surface area contributed by atoms with Crippen LogP contribution in [-0.4, -0.2) is 55.4 Å². The molecule has 2 unspecified atom stereocenters. The van der Waals surface area contributed by atoms with Crippen molar-refractivity contribution < 1.29 is 9.84 Å². The lowest BCUT2D eigenvalue weighted by Gasteiger charge is -2.44. The quantitative estimate of drug-likeness (QED) is 0.804. The van der Waals surface area contributed by atoms with Crippen LogP contribution in [0.25, 0.3) is 0 Å². The molecule has 1 saturated heterocycles. The number of nitrogens with zero attached hydrogens (tertiary/aromatic N) is 2. The lowest BCUT2D eigenvalue weighted by atomic mass is 9.72. The van der Waals surface area contributed by atoms with Gasteiger partial charge in [0.2, 0.25) is 0 Å². The maximum Gasteiger partial charge on any atom is 0.142 e. The molecule has 4 rings (SSSR count). The summed E-state index contributed by atoms with van der Waals surface area (Å²) < 4.78 is 5.54. The van der Waals surface area contributed by atoms with Crippen LogP contribution in [0, 0.1) is 5.92 Å². The van der Waals surface area contributed by atoms with Crippen molar-refractivity contribution in [3.8, 4) is 5.75 Å². The molecule has 4 heteroatoms. The minimum atomic E-state index is -0.570. The number of methoxy groups -OCH3 is 1. The Kier molecular flexibility index (Phi) is 6.41. The van der Waals surface area contributed by atoms with Crippen LogP contribution in [0.4, 0.5) is 5.69 Å². The fraction of sp³-hybridized carbons (Fsp3) is 0.520. The Labute approximate surface area is 175 Å². The van der Waals surface area contributed by atoms with Crippen LogP contribution in [0.2, 0.25) is 0 Å². The highest BCUT2D eigenvalue weighted by atomic mass is 16.5. The Morgan fingerprint density at radius 2 is 1.69 bits per heavy atom. The molecular weight excluding hydrogens is 360 g/mol. The molecule has 2 aliphatic rings. The lowest BCUT2D eigenvalue weighted by molar-refractivity contribution is -0.0595. The van der Waals surface area contributed by atoms with E-state index in [1.54, 1.807) is 7.11 Å². The topological polar surface area (TPSA) is 35.9 Å². The molecule has 29 heavy (non-hydrogen) atoms. The maximum absolute atomic E-state index is 11.6. The third kappa shape index (κ3) is 4.76. The highest BCUT2D eigenvalue weighted by Gasteiger charge is 2.40. The summed E-state index contributed by atoms with van der Waals surface area (Å²) in [5.41, 5.74) is 1.87. The molecule has 1 heterocycles. The molecule has 0 radical (unpaired) electrons. The Bertz CT molecular complexity index is 773. The first-order chi connectivity index (χ1) is 14.2. The first kappa shape index (κ1) is 20.2. The molecule has 0 bridgehead atoms. The number of hydrogen-bond donors (Lipinski definition) is 1. The van der Waals surface area contributed by atoms with E-state index < -0.39 is 5.60 Å². The molecule has 2 aromatic carbocycles. The predicted octanol–water partition coefficient (Wildman–Crippen LogP) is 3.98. The van der Waals surface area contributed by atoms with Crippen molar-refractivity contribution >= 4 is 5.69 Å². The van der Waals surface area contributed by atoms with Gasteiger partial charge in [-0.2, -0.15) is 0 Å². The SMILES string of the molecule is COc1ccccc1N1CCN(CC2CCCCC2(O)Cc2ccccc2)CC1. The summed E-state index contributed by atoms with van der Waals surface area (Å²) >= 11 is 0. The Morgan fingerprint density at radius 1 is 0.966 bits per heavy atom. The Balaban J connectivity index is 1.37. The van der Waals surface area contributed by atoms with Crippen LogP contribution in [0.3, 0.4) is 0 Å². The maximum atomic E-state index is 11.6. The summed E-state index contributed by atoms with van der Waals surface area (Å²) in [5.74, 6) is 1.31. The van der Waals surface area contributed by atoms with Gasteiger partial charge in [0.15, 0.2) is 0 Å². The van der Waals surface area contributed by atoms with Crippen LogP contribution in [0.1, 0.15) is 31.2 Å². The van der Waals surface area contributed by atoms with Gasteiger partial charge in [0.1, 0.15) is 5.75 Å². The van der Waals surface area contributed by atoms with Gasteiger partial charge in [0, 0.05) is 45.1 Å². The van der Waals surface area contributed by atoms with Crippen molar-refractivity contribution in [1.82, 2.24) is 4.90 Å². The largest absolute Gasteiger partial charge is 0.495 e. The molecule has 156 valence electrons. The van der Waals surface area contributed by atoms with Crippen LogP contribution >= 0.6 is 0 Å². The molecule has 4 nitrogen and oxygen atoms in total. The second kappa shape index (κ2) is 9.19. The van der Waals surface area contributed by atoms with E-state index in [-0.39, 0.29) is 0 Å². The number of hydrogen-bond acceptors (Lipinski definition) is 4. The molecule has 1 aliphatic carbocycles. The Morgan fingerprint density at radius 3 is 2.45 bits per heavy atom. The number of rotatable bonds is 6. The number of aliphatic hydroxyl groups is 1. The number of benzene rings is 2. The minimum absolute atomic E-state index is 0.356. The monoisotopic (exact) mass is 394 g/mol. The highest BCUT2D eigenvalue weighted by Crippen LogP contribution is 2.37. The third-order valence-corrected chi connectivity index (χ3v) is 6.80. The van der Waals surface area contributed by atoms with Gasteiger partial charge in [0.25, 0.3) is 0 Å². The zero-order valence-electron chi connectivity index (χ0n) is 17.6. The van der Waals surface area contributed by atoms with Crippen molar-refractivity contribution in [2.24, 2.45) is 5.92 Å². The fourth-order valence-corrected chi connectivity index (χ4v) is 5.11. The van der Waals surface area contributed by atoms with Crippen molar-refractivity contribution in [3.63, 3.8) is 0 Å². The van der Waals surface area contributed by atoms with Crippen molar-refractivity contribution in [3.05, 3.63) is 60.2 Å². The van der Waals surface area contributed by atoms with Gasteiger partial charge in [0.05, 0.1) is 18.4 Å². The van der Waals surface area contributed by atoms with Gasteiger partial charge in [-0.1, -0.05) is 55.3 Å². The van der Waals surface area contributed by atoms with E-state index in [0.717, 1.165) is 64.2 Å². The zero-order valence-corrected chi connectivity index (χ0v) is 17.6. The summed E-state index contributed by atoms with van der Waals surface area (Å²) in [6.45, 7) is 5.09. The Hall–Kier alpha value is -2.04. The van der Waals surface area contributed by atoms with Gasteiger partial charge in [-0.25, -0.2) is 0 Å². The second-order valence-electron chi connectivity index (χ2n) is 8.67. The van der Waals surface area contributed by atoms with Crippen LogP contribution < -0.4 is 9.64 Å². The van der Waals surface area contributed by atoms with Gasteiger partial charge in [-0.05, 0) is 30.5 Å². The molecule has 1 saturated carbocycles. The van der Waals surface area contributed by atoms with E-state index in [0.29, 0.717) is 5.92 Å². The molecule has 1 N–H and O–H groups in total. The standard InChI is InChI=1S/C25H34N2O2/c1-29-24-13-6-5-12-23(24)27-17-15-26(16-18-27)20-22-11-7-8-14-25(22,28)19-21-9-3-2-4-10-21/h2-6,9-10,12-13,22,28H,7-8,11,14-20H2,1H3. The first-order valence-corrected chi connectivity index (χ1v) is 11.0. The van der Waals surface area contributed by atoms with Crippen LogP contribution in [-0.2, 0) is 6.42 Å². The van der Waals surface area contributed by atoms with E-state index in [1.165, 1.54) is 17.7 Å². The smallest absolute Gasteiger partial charge is 0.142 e. The number of para-hydroxylation sites is 2. The van der Waals surface area contributed by atoms with E-state index in [4.69, 9.17) is 4.74 Å². The number of piperazine rings is 1. The molecular formula is C25H34N2O2. The van der Waals surface area contributed by atoms with Gasteiger partial charge in [-0.15, -0.1) is 0 Å². The molecule has 0 amide bonds. The minimum Gasteiger partial charge on any atom is -0.495 e. The molecule has 0 aromatic heterocycles. The normalized spacial score (nSPS) is 25.7. The fourth-order valence-electron chi connectivity index (χ4n) is 5.11.